The average Bonchev–Trinajstić information content (AvgIpc) is 2.95. The lowest BCUT2D eigenvalue weighted by Gasteiger charge is -2.08. The fourth-order valence-electron chi connectivity index (χ4n) is 2.24. The Labute approximate surface area is 123 Å². The highest BCUT2D eigenvalue weighted by atomic mass is 15.5. The zero-order chi connectivity index (χ0) is 14.5. The predicted molar refractivity (Wildman–Crippen MR) is 82.9 cm³/mol. The standard InChI is InChI=1S/C16H17N5/c1-21-16(18-19-20-21)14-8-5-9-15(12-14)17-11-10-13-6-3-2-4-7-13/h2-9,12,17H,10-11H2,1H3. The van der Waals surface area contributed by atoms with Crippen molar-refractivity contribution >= 4 is 5.69 Å². The Hall–Kier alpha value is -2.69. The summed E-state index contributed by atoms with van der Waals surface area (Å²) in [6.07, 6.45) is 0.997. The van der Waals surface area contributed by atoms with Crippen LogP contribution in [0, 0.1) is 0 Å². The number of tetrazole rings is 1. The van der Waals surface area contributed by atoms with Gasteiger partial charge in [-0.15, -0.1) is 5.10 Å². The monoisotopic (exact) mass is 279 g/mol. The van der Waals surface area contributed by atoms with Gasteiger partial charge in [0.05, 0.1) is 0 Å². The lowest BCUT2D eigenvalue weighted by atomic mass is 10.1. The van der Waals surface area contributed by atoms with Crippen molar-refractivity contribution in [2.75, 3.05) is 11.9 Å². The van der Waals surface area contributed by atoms with Gasteiger partial charge in [-0.3, -0.25) is 0 Å². The maximum atomic E-state index is 4.03. The number of anilines is 1. The number of hydrogen-bond donors (Lipinski definition) is 1. The molecule has 0 unspecified atom stereocenters. The van der Waals surface area contributed by atoms with Crippen LogP contribution in [0.2, 0.25) is 0 Å². The number of aryl methyl sites for hydroxylation is 1. The molecule has 106 valence electrons. The summed E-state index contributed by atoms with van der Waals surface area (Å²) in [4.78, 5) is 0. The summed E-state index contributed by atoms with van der Waals surface area (Å²) in [5.41, 5.74) is 3.41. The first-order valence-corrected chi connectivity index (χ1v) is 6.93. The minimum Gasteiger partial charge on any atom is -0.385 e. The van der Waals surface area contributed by atoms with E-state index in [2.05, 4.69) is 57.2 Å². The maximum Gasteiger partial charge on any atom is 0.181 e. The second kappa shape index (κ2) is 6.17. The third-order valence-electron chi connectivity index (χ3n) is 3.33. The van der Waals surface area contributed by atoms with E-state index >= 15 is 0 Å². The van der Waals surface area contributed by atoms with Crippen LogP contribution in [0.15, 0.2) is 54.6 Å². The molecule has 3 aromatic rings. The van der Waals surface area contributed by atoms with Gasteiger partial charge < -0.3 is 5.32 Å². The predicted octanol–water partition coefficient (Wildman–Crippen LogP) is 2.53. The van der Waals surface area contributed by atoms with Gasteiger partial charge >= 0.3 is 0 Å². The van der Waals surface area contributed by atoms with Crippen molar-refractivity contribution in [1.29, 1.82) is 0 Å². The summed E-state index contributed by atoms with van der Waals surface area (Å²) in [7, 11) is 1.84. The molecule has 5 nitrogen and oxygen atoms in total. The van der Waals surface area contributed by atoms with Crippen molar-refractivity contribution in [3.63, 3.8) is 0 Å². The van der Waals surface area contributed by atoms with Gasteiger partial charge in [0, 0.05) is 24.8 Å². The Morgan fingerprint density at radius 3 is 2.67 bits per heavy atom. The molecule has 1 N–H and O–H groups in total. The second-order valence-corrected chi connectivity index (χ2v) is 4.87. The zero-order valence-corrected chi connectivity index (χ0v) is 11.9. The first-order valence-electron chi connectivity index (χ1n) is 6.93. The number of benzene rings is 2. The summed E-state index contributed by atoms with van der Waals surface area (Å²) in [6.45, 7) is 0.893. The molecule has 0 amide bonds. The molecule has 0 saturated carbocycles. The minimum atomic E-state index is 0.765. The van der Waals surface area contributed by atoms with E-state index in [4.69, 9.17) is 0 Å². The molecule has 1 aromatic heterocycles. The molecule has 0 radical (unpaired) electrons. The third-order valence-corrected chi connectivity index (χ3v) is 3.33. The lowest BCUT2D eigenvalue weighted by molar-refractivity contribution is 0.714. The zero-order valence-electron chi connectivity index (χ0n) is 11.9. The lowest BCUT2D eigenvalue weighted by Crippen LogP contribution is -2.05. The topological polar surface area (TPSA) is 55.6 Å². The quantitative estimate of drug-likeness (QED) is 0.779. The summed E-state index contributed by atoms with van der Waals surface area (Å²) >= 11 is 0. The second-order valence-electron chi connectivity index (χ2n) is 4.87. The summed E-state index contributed by atoms with van der Waals surface area (Å²) in [5, 5.41) is 15.0. The fraction of sp³-hybridized carbons (Fsp3) is 0.188. The van der Waals surface area contributed by atoms with Crippen molar-refractivity contribution in [3.8, 4) is 11.4 Å². The number of rotatable bonds is 5. The molecule has 0 aliphatic carbocycles. The molecular weight excluding hydrogens is 262 g/mol. The van der Waals surface area contributed by atoms with Crippen LogP contribution in [0.4, 0.5) is 5.69 Å². The van der Waals surface area contributed by atoms with Gasteiger partial charge in [-0.1, -0.05) is 42.5 Å². The number of aromatic nitrogens is 4. The molecule has 0 atom stereocenters. The average molecular weight is 279 g/mol. The molecule has 2 aromatic carbocycles. The van der Waals surface area contributed by atoms with Gasteiger partial charge in [-0.2, -0.15) is 0 Å². The molecule has 0 bridgehead atoms. The van der Waals surface area contributed by atoms with Gasteiger partial charge in [-0.05, 0) is 34.5 Å². The normalized spacial score (nSPS) is 10.5. The highest BCUT2D eigenvalue weighted by Crippen LogP contribution is 2.19. The fourth-order valence-corrected chi connectivity index (χ4v) is 2.24. The van der Waals surface area contributed by atoms with E-state index in [0.717, 1.165) is 30.0 Å². The van der Waals surface area contributed by atoms with Crippen molar-refractivity contribution < 1.29 is 0 Å². The number of nitrogens with zero attached hydrogens (tertiary/aromatic N) is 4. The van der Waals surface area contributed by atoms with Crippen LogP contribution in [0.5, 0.6) is 0 Å². The van der Waals surface area contributed by atoms with Crippen LogP contribution in [0.3, 0.4) is 0 Å². The Morgan fingerprint density at radius 1 is 1.05 bits per heavy atom. The van der Waals surface area contributed by atoms with Gasteiger partial charge in [0.15, 0.2) is 5.82 Å². The number of nitrogens with one attached hydrogen (secondary N) is 1. The Balaban J connectivity index is 1.65. The molecule has 0 aliphatic heterocycles. The molecule has 0 spiro atoms. The van der Waals surface area contributed by atoms with E-state index in [9.17, 15) is 0 Å². The van der Waals surface area contributed by atoms with Crippen molar-refractivity contribution in [3.05, 3.63) is 60.2 Å². The minimum absolute atomic E-state index is 0.765. The molecule has 0 fully saturated rings. The Morgan fingerprint density at radius 2 is 1.90 bits per heavy atom. The Kier molecular flexibility index (Phi) is 3.91. The van der Waals surface area contributed by atoms with Crippen LogP contribution in [-0.4, -0.2) is 26.8 Å². The Bertz CT molecular complexity index is 705. The highest BCUT2D eigenvalue weighted by molar-refractivity contribution is 5.62. The SMILES string of the molecule is Cn1nnnc1-c1cccc(NCCc2ccccc2)c1. The molecule has 5 heteroatoms. The van der Waals surface area contributed by atoms with Gasteiger partial charge in [0.1, 0.15) is 0 Å². The first-order chi connectivity index (χ1) is 10.3. The molecule has 3 rings (SSSR count). The van der Waals surface area contributed by atoms with Crippen LogP contribution < -0.4 is 5.32 Å². The van der Waals surface area contributed by atoms with E-state index in [1.54, 1.807) is 4.68 Å². The van der Waals surface area contributed by atoms with E-state index in [0.29, 0.717) is 0 Å². The summed E-state index contributed by atoms with van der Waals surface area (Å²) in [5.74, 6) is 0.765. The van der Waals surface area contributed by atoms with E-state index < -0.39 is 0 Å². The smallest absolute Gasteiger partial charge is 0.181 e. The maximum absolute atomic E-state index is 4.03. The van der Waals surface area contributed by atoms with Gasteiger partial charge in [0.25, 0.3) is 0 Å². The summed E-state index contributed by atoms with van der Waals surface area (Å²) in [6, 6.07) is 18.6. The first kappa shape index (κ1) is 13.3. The van der Waals surface area contributed by atoms with Crippen molar-refractivity contribution in [1.82, 2.24) is 20.2 Å². The van der Waals surface area contributed by atoms with Crippen LogP contribution in [-0.2, 0) is 13.5 Å². The highest BCUT2D eigenvalue weighted by Gasteiger charge is 2.05. The van der Waals surface area contributed by atoms with E-state index in [-0.39, 0.29) is 0 Å². The number of hydrogen-bond acceptors (Lipinski definition) is 4. The van der Waals surface area contributed by atoms with Gasteiger partial charge in [0.2, 0.25) is 0 Å². The van der Waals surface area contributed by atoms with Crippen LogP contribution in [0.25, 0.3) is 11.4 Å². The van der Waals surface area contributed by atoms with Crippen molar-refractivity contribution in [2.24, 2.45) is 7.05 Å². The molecule has 21 heavy (non-hydrogen) atoms. The molecule has 1 heterocycles. The van der Waals surface area contributed by atoms with Crippen LogP contribution >= 0.6 is 0 Å². The molecule has 0 saturated heterocycles. The third kappa shape index (κ3) is 3.25. The van der Waals surface area contributed by atoms with E-state index in [1.807, 2.05) is 25.2 Å². The molecular formula is C16H17N5. The van der Waals surface area contributed by atoms with E-state index in [1.165, 1.54) is 5.56 Å². The summed E-state index contributed by atoms with van der Waals surface area (Å²) < 4.78 is 1.67. The van der Waals surface area contributed by atoms with Gasteiger partial charge in [-0.25, -0.2) is 4.68 Å². The van der Waals surface area contributed by atoms with Crippen LogP contribution in [0.1, 0.15) is 5.56 Å². The largest absolute Gasteiger partial charge is 0.385 e. The molecule has 0 aliphatic rings. The van der Waals surface area contributed by atoms with Crippen molar-refractivity contribution in [2.45, 2.75) is 6.42 Å².